The lowest BCUT2D eigenvalue weighted by Crippen LogP contribution is -2.08. The largest absolute Gasteiger partial charge is 0.396 e. The van der Waals surface area contributed by atoms with E-state index in [1.165, 1.54) is 64.2 Å². The van der Waals surface area contributed by atoms with Gasteiger partial charge in [0.2, 0.25) is 0 Å². The van der Waals surface area contributed by atoms with Gasteiger partial charge in [-0.3, -0.25) is 0 Å². The number of allylic oxidation sites excluding steroid dienone is 4. The topological polar surface area (TPSA) is 40.5 Å². The van der Waals surface area contributed by atoms with Crippen LogP contribution in [-0.2, 0) is 0 Å². The molecule has 0 spiro atoms. The molecule has 0 unspecified atom stereocenters. The molecule has 0 aromatic rings. The Hall–Kier alpha value is -0.600. The molecule has 0 saturated carbocycles. The molecule has 0 rings (SSSR count). The van der Waals surface area contributed by atoms with Gasteiger partial charge < -0.3 is 10.2 Å². The normalized spacial score (nSPS) is 13.3. The van der Waals surface area contributed by atoms with E-state index in [0.717, 1.165) is 19.3 Å². The van der Waals surface area contributed by atoms with Crippen LogP contribution < -0.4 is 0 Å². The van der Waals surface area contributed by atoms with Gasteiger partial charge in [0.1, 0.15) is 0 Å². The van der Waals surface area contributed by atoms with Crippen LogP contribution in [0.25, 0.3) is 0 Å². The van der Waals surface area contributed by atoms with Gasteiger partial charge in [0.15, 0.2) is 0 Å². The molecule has 0 amide bonds. The molecular formula is C21H40O2. The van der Waals surface area contributed by atoms with E-state index in [0.29, 0.717) is 6.42 Å². The second-order valence-corrected chi connectivity index (χ2v) is 6.54. The van der Waals surface area contributed by atoms with Gasteiger partial charge in [0.05, 0.1) is 6.10 Å². The third kappa shape index (κ3) is 19.4. The Morgan fingerprint density at radius 3 is 1.87 bits per heavy atom. The van der Waals surface area contributed by atoms with E-state index >= 15 is 0 Å². The molecule has 2 N–H and O–H groups in total. The molecular weight excluding hydrogens is 284 g/mol. The summed E-state index contributed by atoms with van der Waals surface area (Å²) in [5.74, 6) is 0. The summed E-state index contributed by atoms with van der Waals surface area (Å²) >= 11 is 0. The predicted octanol–water partition coefficient (Wildman–Crippen LogP) is 5.93. The summed E-state index contributed by atoms with van der Waals surface area (Å²) in [5, 5.41) is 18.2. The van der Waals surface area contributed by atoms with E-state index in [-0.39, 0.29) is 12.7 Å². The van der Waals surface area contributed by atoms with Crippen molar-refractivity contribution in [3.05, 3.63) is 24.3 Å². The molecule has 0 heterocycles. The summed E-state index contributed by atoms with van der Waals surface area (Å²) in [6, 6.07) is 0. The first-order valence-corrected chi connectivity index (χ1v) is 9.90. The monoisotopic (exact) mass is 324 g/mol. The number of hydrogen-bond donors (Lipinski definition) is 2. The van der Waals surface area contributed by atoms with Crippen molar-refractivity contribution in [2.45, 2.75) is 103 Å². The molecule has 0 aliphatic rings. The maximum absolute atomic E-state index is 9.49. The van der Waals surface area contributed by atoms with Crippen LogP contribution in [0.5, 0.6) is 0 Å². The molecule has 0 aliphatic carbocycles. The number of hydrogen-bond acceptors (Lipinski definition) is 2. The van der Waals surface area contributed by atoms with Crippen LogP contribution in [0.3, 0.4) is 0 Å². The Kier molecular flexibility index (Phi) is 18.9. The Morgan fingerprint density at radius 1 is 0.696 bits per heavy atom. The van der Waals surface area contributed by atoms with Crippen LogP contribution in [0.4, 0.5) is 0 Å². The second-order valence-electron chi connectivity index (χ2n) is 6.54. The zero-order valence-corrected chi connectivity index (χ0v) is 15.4. The van der Waals surface area contributed by atoms with E-state index in [9.17, 15) is 5.11 Å². The fourth-order valence-electron chi connectivity index (χ4n) is 2.66. The summed E-state index contributed by atoms with van der Waals surface area (Å²) in [4.78, 5) is 0. The molecule has 0 radical (unpaired) electrons. The van der Waals surface area contributed by atoms with E-state index in [2.05, 4.69) is 31.2 Å². The first-order valence-electron chi connectivity index (χ1n) is 9.90. The van der Waals surface area contributed by atoms with Crippen molar-refractivity contribution in [2.24, 2.45) is 0 Å². The van der Waals surface area contributed by atoms with Gasteiger partial charge in [-0.2, -0.15) is 0 Å². The first-order chi connectivity index (χ1) is 11.3. The predicted molar refractivity (Wildman–Crippen MR) is 102 cm³/mol. The van der Waals surface area contributed by atoms with E-state index < -0.39 is 0 Å². The van der Waals surface area contributed by atoms with Gasteiger partial charge in [-0.1, -0.05) is 76.2 Å². The Balaban J connectivity index is 3.19. The van der Waals surface area contributed by atoms with E-state index in [1.54, 1.807) is 0 Å². The second kappa shape index (κ2) is 19.4. The van der Waals surface area contributed by atoms with Gasteiger partial charge in [-0.25, -0.2) is 0 Å². The molecule has 2 heteroatoms. The van der Waals surface area contributed by atoms with Crippen molar-refractivity contribution in [2.75, 3.05) is 6.61 Å². The lowest BCUT2D eigenvalue weighted by atomic mass is 10.0. The average molecular weight is 325 g/mol. The quantitative estimate of drug-likeness (QED) is 0.257. The van der Waals surface area contributed by atoms with Crippen molar-refractivity contribution in [3.63, 3.8) is 0 Å². The molecule has 136 valence electrons. The van der Waals surface area contributed by atoms with Gasteiger partial charge in [-0.15, -0.1) is 0 Å². The highest BCUT2D eigenvalue weighted by Crippen LogP contribution is 2.11. The maximum Gasteiger partial charge on any atom is 0.0562 e. The average Bonchev–Trinajstić information content (AvgIpc) is 2.54. The number of unbranched alkanes of at least 4 members (excludes halogenated alkanes) is 9. The minimum absolute atomic E-state index is 0.101. The minimum atomic E-state index is -0.300. The fraction of sp³-hybridized carbons (Fsp3) is 0.810. The first kappa shape index (κ1) is 22.4. The SMILES string of the molecule is CCCCC/C=C\C/C=C\CCCCCCCC[C@@H](O)CCO. The van der Waals surface area contributed by atoms with Gasteiger partial charge in [-0.05, 0) is 44.9 Å². The summed E-state index contributed by atoms with van der Waals surface area (Å²) in [6.45, 7) is 2.35. The van der Waals surface area contributed by atoms with Crippen molar-refractivity contribution < 1.29 is 10.2 Å². The summed E-state index contributed by atoms with van der Waals surface area (Å²) < 4.78 is 0. The lowest BCUT2D eigenvalue weighted by molar-refractivity contribution is 0.122. The Bertz CT molecular complexity index is 271. The molecule has 0 fully saturated rings. The molecule has 0 saturated heterocycles. The van der Waals surface area contributed by atoms with E-state index in [1.807, 2.05) is 0 Å². The van der Waals surface area contributed by atoms with Gasteiger partial charge in [0, 0.05) is 6.61 Å². The molecule has 1 atom stereocenters. The van der Waals surface area contributed by atoms with Crippen LogP contribution in [-0.4, -0.2) is 22.9 Å². The van der Waals surface area contributed by atoms with Crippen LogP contribution in [0.15, 0.2) is 24.3 Å². The smallest absolute Gasteiger partial charge is 0.0562 e. The van der Waals surface area contributed by atoms with E-state index in [4.69, 9.17) is 5.11 Å². The lowest BCUT2D eigenvalue weighted by Gasteiger charge is -2.07. The molecule has 0 aliphatic heterocycles. The molecule has 2 nitrogen and oxygen atoms in total. The Morgan fingerprint density at radius 2 is 1.26 bits per heavy atom. The number of rotatable bonds is 17. The third-order valence-electron chi connectivity index (χ3n) is 4.20. The Labute approximate surface area is 144 Å². The molecule has 23 heavy (non-hydrogen) atoms. The highest BCUT2D eigenvalue weighted by Gasteiger charge is 2.01. The minimum Gasteiger partial charge on any atom is -0.396 e. The summed E-state index contributed by atoms with van der Waals surface area (Å²) in [7, 11) is 0. The molecule has 0 aromatic carbocycles. The van der Waals surface area contributed by atoms with Crippen molar-refractivity contribution >= 4 is 0 Å². The maximum atomic E-state index is 9.49. The zero-order valence-electron chi connectivity index (χ0n) is 15.4. The number of aliphatic hydroxyl groups is 2. The highest BCUT2D eigenvalue weighted by molar-refractivity contribution is 4.92. The third-order valence-corrected chi connectivity index (χ3v) is 4.20. The van der Waals surface area contributed by atoms with Crippen LogP contribution in [0.1, 0.15) is 96.8 Å². The molecule has 0 aromatic heterocycles. The molecule has 0 bridgehead atoms. The summed E-state index contributed by atoms with van der Waals surface area (Å²) in [6.07, 6.45) is 25.3. The zero-order chi connectivity index (χ0) is 17.0. The number of aliphatic hydroxyl groups excluding tert-OH is 2. The van der Waals surface area contributed by atoms with Crippen LogP contribution >= 0.6 is 0 Å². The summed E-state index contributed by atoms with van der Waals surface area (Å²) in [5.41, 5.74) is 0. The standard InChI is InChI=1S/C21H40O2/c1-2-3-4-5-6-7-8-9-10-11-12-13-14-15-16-17-18-21(23)19-20-22/h6-7,9-10,21-23H,2-5,8,11-20H2,1H3/b7-6-,10-9-/t21-/m1/s1. The van der Waals surface area contributed by atoms with Crippen molar-refractivity contribution in [1.29, 1.82) is 0 Å². The van der Waals surface area contributed by atoms with Crippen LogP contribution in [0, 0.1) is 0 Å². The van der Waals surface area contributed by atoms with Gasteiger partial charge >= 0.3 is 0 Å². The highest BCUT2D eigenvalue weighted by atomic mass is 16.3. The fourth-order valence-corrected chi connectivity index (χ4v) is 2.66. The van der Waals surface area contributed by atoms with Crippen molar-refractivity contribution in [3.8, 4) is 0 Å². The van der Waals surface area contributed by atoms with Crippen LogP contribution in [0.2, 0.25) is 0 Å². The van der Waals surface area contributed by atoms with Gasteiger partial charge in [0.25, 0.3) is 0 Å². The van der Waals surface area contributed by atoms with Crippen molar-refractivity contribution in [1.82, 2.24) is 0 Å².